The van der Waals surface area contributed by atoms with Crippen LogP contribution in [0.3, 0.4) is 0 Å². The number of fused-ring (bicyclic) bond motifs is 1. The van der Waals surface area contributed by atoms with Gasteiger partial charge in [-0.2, -0.15) is 0 Å². The second-order valence-corrected chi connectivity index (χ2v) is 5.83. The van der Waals surface area contributed by atoms with Crippen molar-refractivity contribution in [2.24, 2.45) is 7.05 Å². The van der Waals surface area contributed by atoms with Crippen LogP contribution in [-0.2, 0) is 7.05 Å². The zero-order valence-corrected chi connectivity index (χ0v) is 12.5. The van der Waals surface area contributed by atoms with Crippen molar-refractivity contribution < 1.29 is 4.39 Å². The monoisotopic (exact) mass is 290 g/mol. The van der Waals surface area contributed by atoms with Crippen LogP contribution in [0.25, 0.3) is 11.0 Å². The van der Waals surface area contributed by atoms with E-state index in [1.165, 1.54) is 4.57 Å². The second kappa shape index (κ2) is 5.18. The van der Waals surface area contributed by atoms with E-state index < -0.39 is 6.17 Å². The van der Waals surface area contributed by atoms with E-state index in [1.807, 2.05) is 11.9 Å². The molecule has 112 valence electrons. The van der Waals surface area contributed by atoms with Gasteiger partial charge in [-0.1, -0.05) is 0 Å². The number of alkyl halides is 1. The summed E-state index contributed by atoms with van der Waals surface area (Å²) in [6.07, 6.45) is 1.34. The molecule has 0 saturated carbocycles. The van der Waals surface area contributed by atoms with Gasteiger partial charge in [0.15, 0.2) is 0 Å². The number of aromatic nitrogens is 3. The van der Waals surface area contributed by atoms with E-state index >= 15 is 0 Å². The molecule has 1 fully saturated rings. The summed E-state index contributed by atoms with van der Waals surface area (Å²) < 4.78 is 15.8. The molecule has 0 amide bonds. The van der Waals surface area contributed by atoms with Gasteiger partial charge < -0.3 is 4.90 Å². The lowest BCUT2D eigenvalue weighted by Gasteiger charge is -2.32. The quantitative estimate of drug-likeness (QED) is 0.796. The first kappa shape index (κ1) is 14.1. The Balaban J connectivity index is 2.13. The maximum Gasteiger partial charge on any atom is 0.255 e. The topological polar surface area (TPSA) is 51.0 Å². The summed E-state index contributed by atoms with van der Waals surface area (Å²) in [6.45, 7) is 2.96. The molecule has 3 rings (SSSR count). The van der Waals surface area contributed by atoms with E-state index in [4.69, 9.17) is 0 Å². The number of piperidine rings is 1. The van der Waals surface area contributed by atoms with Gasteiger partial charge in [0.25, 0.3) is 5.56 Å². The molecule has 0 bridgehead atoms. The third-order valence-electron chi connectivity index (χ3n) is 4.24. The first-order valence-electron chi connectivity index (χ1n) is 7.13. The fraction of sp³-hybridized carbons (Fsp3) is 0.533. The number of pyridine rings is 1. The summed E-state index contributed by atoms with van der Waals surface area (Å²) >= 11 is 0. The highest BCUT2D eigenvalue weighted by atomic mass is 19.1. The van der Waals surface area contributed by atoms with Crippen molar-refractivity contribution in [3.05, 3.63) is 34.0 Å². The third kappa shape index (κ3) is 2.44. The molecule has 2 atom stereocenters. The molecule has 0 N–H and O–H groups in total. The lowest BCUT2D eigenvalue weighted by Crippen LogP contribution is -2.40. The van der Waals surface area contributed by atoms with Crippen LogP contribution in [0.5, 0.6) is 0 Å². The van der Waals surface area contributed by atoms with Crippen molar-refractivity contribution in [2.75, 3.05) is 20.1 Å². The molecule has 3 heterocycles. The highest BCUT2D eigenvalue weighted by Gasteiger charge is 2.31. The van der Waals surface area contributed by atoms with Crippen molar-refractivity contribution in [3.8, 4) is 0 Å². The van der Waals surface area contributed by atoms with Gasteiger partial charge in [-0.15, -0.1) is 0 Å². The Kier molecular flexibility index (Phi) is 3.49. The summed E-state index contributed by atoms with van der Waals surface area (Å²) in [4.78, 5) is 23.0. The number of rotatable bonds is 1. The molecule has 1 saturated heterocycles. The molecule has 0 aromatic carbocycles. The lowest BCUT2D eigenvalue weighted by molar-refractivity contribution is 0.138. The van der Waals surface area contributed by atoms with Crippen LogP contribution in [0.4, 0.5) is 4.39 Å². The van der Waals surface area contributed by atoms with E-state index in [9.17, 15) is 9.18 Å². The van der Waals surface area contributed by atoms with Crippen molar-refractivity contribution in [3.63, 3.8) is 0 Å². The number of nitrogens with zero attached hydrogens (tertiary/aromatic N) is 4. The van der Waals surface area contributed by atoms with Crippen molar-refractivity contribution in [1.29, 1.82) is 0 Å². The molecule has 0 aliphatic carbocycles. The molecule has 2 aromatic heterocycles. The Morgan fingerprint density at radius 2 is 2.14 bits per heavy atom. The first-order chi connectivity index (χ1) is 9.97. The minimum Gasteiger partial charge on any atom is -0.303 e. The van der Waals surface area contributed by atoms with Crippen molar-refractivity contribution in [2.45, 2.75) is 25.4 Å². The smallest absolute Gasteiger partial charge is 0.255 e. The Morgan fingerprint density at radius 1 is 1.38 bits per heavy atom. The number of hydrogen-bond acceptors (Lipinski definition) is 4. The van der Waals surface area contributed by atoms with Gasteiger partial charge in [-0.3, -0.25) is 9.36 Å². The van der Waals surface area contributed by atoms with Crippen LogP contribution < -0.4 is 5.56 Å². The fourth-order valence-electron chi connectivity index (χ4n) is 3.03. The van der Waals surface area contributed by atoms with Crippen LogP contribution in [0.15, 0.2) is 17.1 Å². The SMILES string of the molecule is Cc1ncc2cc(C3CCN(C)CC3F)c(=O)n(C)c2n1. The highest BCUT2D eigenvalue weighted by molar-refractivity contribution is 5.74. The minimum atomic E-state index is -1.01. The lowest BCUT2D eigenvalue weighted by atomic mass is 9.88. The highest BCUT2D eigenvalue weighted by Crippen LogP contribution is 2.29. The second-order valence-electron chi connectivity index (χ2n) is 5.83. The molecule has 1 aliphatic rings. The molecule has 2 aromatic rings. The van der Waals surface area contributed by atoms with Crippen molar-refractivity contribution in [1.82, 2.24) is 19.4 Å². The molecule has 2 unspecified atom stereocenters. The van der Waals surface area contributed by atoms with E-state index in [2.05, 4.69) is 9.97 Å². The van der Waals surface area contributed by atoms with Crippen LogP contribution in [0, 0.1) is 6.92 Å². The summed E-state index contributed by atoms with van der Waals surface area (Å²) in [5.74, 6) is 0.276. The molecule has 0 spiro atoms. The third-order valence-corrected chi connectivity index (χ3v) is 4.24. The van der Waals surface area contributed by atoms with Gasteiger partial charge in [-0.05, 0) is 33.0 Å². The normalized spacial score (nSPS) is 23.6. The minimum absolute atomic E-state index is 0.155. The molecule has 6 heteroatoms. The van der Waals surface area contributed by atoms with Gasteiger partial charge in [0.05, 0.1) is 0 Å². The Bertz CT molecular complexity index is 742. The van der Waals surface area contributed by atoms with Gasteiger partial charge in [0, 0.05) is 36.7 Å². The van der Waals surface area contributed by atoms with Gasteiger partial charge in [0.1, 0.15) is 17.6 Å². The molecule has 5 nitrogen and oxygen atoms in total. The largest absolute Gasteiger partial charge is 0.303 e. The summed E-state index contributed by atoms with van der Waals surface area (Å²) in [7, 11) is 3.58. The zero-order chi connectivity index (χ0) is 15.1. The Morgan fingerprint density at radius 3 is 2.86 bits per heavy atom. The van der Waals surface area contributed by atoms with Crippen LogP contribution in [-0.4, -0.2) is 45.7 Å². The van der Waals surface area contributed by atoms with Gasteiger partial charge in [-0.25, -0.2) is 14.4 Å². The predicted molar refractivity (Wildman–Crippen MR) is 79.3 cm³/mol. The summed E-state index contributed by atoms with van der Waals surface area (Å²) in [5.41, 5.74) is 0.982. The molecule has 0 radical (unpaired) electrons. The standard InChI is InChI=1S/C15H19FN4O/c1-9-17-7-10-6-12(15(21)20(3)14(10)18-9)11-4-5-19(2)8-13(11)16/h6-7,11,13H,4-5,8H2,1-3H3. The number of likely N-dealkylation sites (tertiary alicyclic amines) is 1. The maximum absolute atomic E-state index is 14.3. The average Bonchev–Trinajstić information content (AvgIpc) is 2.44. The Hall–Kier alpha value is -1.82. The maximum atomic E-state index is 14.3. The van der Waals surface area contributed by atoms with Crippen LogP contribution in [0.2, 0.25) is 0 Å². The number of hydrogen-bond donors (Lipinski definition) is 0. The average molecular weight is 290 g/mol. The molecule has 1 aliphatic heterocycles. The predicted octanol–water partition coefficient (Wildman–Crippen LogP) is 1.39. The molecular weight excluding hydrogens is 271 g/mol. The Labute approximate surface area is 122 Å². The summed E-state index contributed by atoms with van der Waals surface area (Å²) in [5, 5.41) is 0.781. The van der Waals surface area contributed by atoms with E-state index in [-0.39, 0.29) is 11.5 Å². The van der Waals surface area contributed by atoms with Gasteiger partial charge in [0.2, 0.25) is 0 Å². The first-order valence-corrected chi connectivity index (χ1v) is 7.13. The van der Waals surface area contributed by atoms with E-state index in [0.29, 0.717) is 30.0 Å². The number of halogens is 1. The van der Waals surface area contributed by atoms with Crippen LogP contribution >= 0.6 is 0 Å². The zero-order valence-electron chi connectivity index (χ0n) is 12.5. The molecular formula is C15H19FN4O. The van der Waals surface area contributed by atoms with Gasteiger partial charge >= 0.3 is 0 Å². The molecule has 21 heavy (non-hydrogen) atoms. The van der Waals surface area contributed by atoms with E-state index in [0.717, 1.165) is 11.9 Å². The summed E-state index contributed by atoms with van der Waals surface area (Å²) in [6, 6.07) is 1.76. The van der Waals surface area contributed by atoms with E-state index in [1.54, 1.807) is 26.2 Å². The fourth-order valence-corrected chi connectivity index (χ4v) is 3.03. The van der Waals surface area contributed by atoms with Crippen LogP contribution in [0.1, 0.15) is 23.7 Å². The number of aryl methyl sites for hydroxylation is 2. The van der Waals surface area contributed by atoms with Crippen molar-refractivity contribution >= 4 is 11.0 Å².